The molecule has 0 bridgehead atoms. The van der Waals surface area contributed by atoms with Gasteiger partial charge in [-0.3, -0.25) is 24.3 Å². The number of ether oxygens (including phenoxy) is 7. The summed E-state index contributed by atoms with van der Waals surface area (Å²) in [6, 6.07) is 7.60. The number of aryl methyl sites for hydroxylation is 1. The maximum absolute atomic E-state index is 12.1. The molecule has 1 N–H and O–H groups in total. The summed E-state index contributed by atoms with van der Waals surface area (Å²) in [6.07, 6.45) is -5.20. The number of benzene rings is 1. The van der Waals surface area contributed by atoms with Gasteiger partial charge in [-0.05, 0) is 31.0 Å². The maximum atomic E-state index is 12.1. The molecule has 224 valence electrons. The van der Waals surface area contributed by atoms with Crippen molar-refractivity contribution >= 4 is 23.9 Å². The Morgan fingerprint density at radius 1 is 0.878 bits per heavy atom. The van der Waals surface area contributed by atoms with E-state index in [9.17, 15) is 19.2 Å². The lowest BCUT2D eigenvalue weighted by atomic mass is 9.98. The summed E-state index contributed by atoms with van der Waals surface area (Å²) in [4.78, 5) is 47.6. The van der Waals surface area contributed by atoms with Gasteiger partial charge in [0.1, 0.15) is 18.5 Å². The molecule has 5 atom stereocenters. The summed E-state index contributed by atoms with van der Waals surface area (Å²) in [5.41, 5.74) is 2.36. The molecule has 0 radical (unpaired) electrons. The third-order valence-corrected chi connectivity index (χ3v) is 5.99. The first-order valence-corrected chi connectivity index (χ1v) is 13.2. The Labute approximate surface area is 237 Å². The molecule has 2 aromatic rings. The number of rotatable bonds is 12. The molecule has 3 rings (SSSR count). The Bertz CT molecular complexity index is 1210. The van der Waals surface area contributed by atoms with Gasteiger partial charge in [-0.2, -0.15) is 0 Å². The van der Waals surface area contributed by atoms with Crippen LogP contribution < -0.4 is 9.47 Å². The molecule has 0 amide bonds. The highest BCUT2D eigenvalue weighted by atomic mass is 16.7. The molecule has 1 aromatic carbocycles. The van der Waals surface area contributed by atoms with Crippen LogP contribution in [0.5, 0.6) is 11.6 Å². The van der Waals surface area contributed by atoms with E-state index in [1.807, 2.05) is 38.1 Å². The lowest BCUT2D eigenvalue weighted by Crippen LogP contribution is -2.63. The summed E-state index contributed by atoms with van der Waals surface area (Å²) in [5, 5.41) is 7.14. The molecule has 13 nitrogen and oxygen atoms in total. The Balaban J connectivity index is 1.94. The van der Waals surface area contributed by atoms with Gasteiger partial charge in [0, 0.05) is 45.4 Å². The Morgan fingerprint density at radius 3 is 2.07 bits per heavy atom. The van der Waals surface area contributed by atoms with E-state index in [4.69, 9.17) is 33.2 Å². The van der Waals surface area contributed by atoms with E-state index >= 15 is 0 Å². The molecule has 1 aliphatic rings. The average molecular weight is 577 g/mol. The third kappa shape index (κ3) is 8.93. The number of H-pyrrole nitrogens is 1. The molecule has 1 unspecified atom stereocenters. The third-order valence-electron chi connectivity index (χ3n) is 5.99. The summed E-state index contributed by atoms with van der Waals surface area (Å²) >= 11 is 0. The number of aromatic amines is 1. The monoisotopic (exact) mass is 576 g/mol. The van der Waals surface area contributed by atoms with Crippen molar-refractivity contribution in [2.45, 2.75) is 85.1 Å². The van der Waals surface area contributed by atoms with Crippen LogP contribution in [0.3, 0.4) is 0 Å². The molecular weight excluding hydrogens is 540 g/mol. The number of esters is 4. The Hall–Kier alpha value is -4.13. The molecule has 2 heterocycles. The van der Waals surface area contributed by atoms with E-state index in [1.54, 1.807) is 0 Å². The molecule has 1 saturated heterocycles. The van der Waals surface area contributed by atoms with Crippen molar-refractivity contribution < 1.29 is 52.3 Å². The van der Waals surface area contributed by atoms with Gasteiger partial charge in [-0.25, -0.2) is 0 Å². The molecule has 0 aliphatic carbocycles. The number of aromatic nitrogens is 2. The zero-order valence-corrected chi connectivity index (χ0v) is 24.0. The topological polar surface area (TPSA) is 162 Å². The molecule has 1 aliphatic heterocycles. The van der Waals surface area contributed by atoms with Crippen molar-refractivity contribution in [3.8, 4) is 11.6 Å². The number of nitrogens with zero attached hydrogens (tertiary/aromatic N) is 1. The molecule has 1 fully saturated rings. The summed E-state index contributed by atoms with van der Waals surface area (Å²) in [7, 11) is 0. The number of hydrogen-bond donors (Lipinski definition) is 1. The predicted molar refractivity (Wildman–Crippen MR) is 141 cm³/mol. The Morgan fingerprint density at radius 2 is 1.49 bits per heavy atom. The minimum absolute atomic E-state index is 0.148. The molecule has 41 heavy (non-hydrogen) atoms. The summed E-state index contributed by atoms with van der Waals surface area (Å²) in [5.74, 6) is -1.90. The van der Waals surface area contributed by atoms with Crippen LogP contribution in [0.4, 0.5) is 0 Å². The van der Waals surface area contributed by atoms with Crippen molar-refractivity contribution in [1.29, 1.82) is 0 Å². The second-order valence-electron chi connectivity index (χ2n) is 9.49. The number of nitrogens with one attached hydrogen (secondary N) is 1. The standard InChI is InChI=1S/C28H36N2O11/c1-7-12-35-21-10-8-20(9-11-21)13-22-15(2)29-30-27(22)41-28-26(39-19(6)34)25(38-18(5)33)24(37-17(4)32)23(40-28)14-36-16(3)31/h8-11,23-26,28H,7,12-14H2,1-6H3,(H,29,30)/t23-,24-,25+,26-,28?/m1/s1. The van der Waals surface area contributed by atoms with Gasteiger partial charge in [0.15, 0.2) is 12.2 Å². The summed E-state index contributed by atoms with van der Waals surface area (Å²) in [6.45, 7) is 8.76. The number of carbonyl (C=O) groups excluding carboxylic acids is 4. The Kier molecular flexibility index (Phi) is 11.1. The van der Waals surface area contributed by atoms with Crippen LogP contribution in [-0.2, 0) is 49.3 Å². The van der Waals surface area contributed by atoms with Crippen molar-refractivity contribution in [2.24, 2.45) is 0 Å². The zero-order valence-electron chi connectivity index (χ0n) is 24.0. The second kappa shape index (κ2) is 14.5. The summed E-state index contributed by atoms with van der Waals surface area (Å²) < 4.78 is 39.2. The van der Waals surface area contributed by atoms with Crippen LogP contribution in [0.25, 0.3) is 0 Å². The molecule has 13 heteroatoms. The fourth-order valence-corrected chi connectivity index (χ4v) is 4.26. The molecule has 0 spiro atoms. The highest BCUT2D eigenvalue weighted by molar-refractivity contribution is 5.68. The zero-order chi connectivity index (χ0) is 30.1. The van der Waals surface area contributed by atoms with E-state index in [0.717, 1.165) is 44.2 Å². The molecule has 0 saturated carbocycles. The van der Waals surface area contributed by atoms with Crippen molar-refractivity contribution in [3.63, 3.8) is 0 Å². The second-order valence-corrected chi connectivity index (χ2v) is 9.49. The molecule has 1 aromatic heterocycles. The number of hydrogen-bond acceptors (Lipinski definition) is 12. The van der Waals surface area contributed by atoms with Crippen LogP contribution in [0.1, 0.15) is 57.9 Å². The van der Waals surface area contributed by atoms with Crippen molar-refractivity contribution in [2.75, 3.05) is 13.2 Å². The van der Waals surface area contributed by atoms with Crippen molar-refractivity contribution in [1.82, 2.24) is 10.2 Å². The lowest BCUT2D eigenvalue weighted by Gasteiger charge is -2.43. The minimum atomic E-state index is -1.39. The van der Waals surface area contributed by atoms with Crippen LogP contribution in [0, 0.1) is 6.92 Å². The fraction of sp³-hybridized carbons (Fsp3) is 0.536. The highest BCUT2D eigenvalue weighted by Gasteiger charge is 2.53. The van der Waals surface area contributed by atoms with E-state index in [2.05, 4.69) is 10.2 Å². The van der Waals surface area contributed by atoms with Crippen LogP contribution in [-0.4, -0.2) is 78.0 Å². The quantitative estimate of drug-likeness (QED) is 0.291. The highest BCUT2D eigenvalue weighted by Crippen LogP contribution is 2.32. The first-order valence-electron chi connectivity index (χ1n) is 13.2. The van der Waals surface area contributed by atoms with Crippen molar-refractivity contribution in [3.05, 3.63) is 41.1 Å². The van der Waals surface area contributed by atoms with E-state index in [1.165, 1.54) is 6.92 Å². The average Bonchev–Trinajstić information content (AvgIpc) is 3.23. The van der Waals surface area contributed by atoms with E-state index < -0.39 is 54.6 Å². The van der Waals surface area contributed by atoms with Crippen LogP contribution in [0.2, 0.25) is 0 Å². The first-order chi connectivity index (χ1) is 19.5. The van der Waals surface area contributed by atoms with E-state index in [-0.39, 0.29) is 12.5 Å². The maximum Gasteiger partial charge on any atom is 0.303 e. The van der Waals surface area contributed by atoms with Gasteiger partial charge >= 0.3 is 23.9 Å². The SMILES string of the molecule is CCCOc1ccc(Cc2c(OC3O[C@H](COC(C)=O)[C@@H](OC(C)=O)[C@H](OC(C)=O)[C@H]3OC(C)=O)n[nH]c2C)cc1. The first kappa shape index (κ1) is 31.4. The smallest absolute Gasteiger partial charge is 0.303 e. The van der Waals surface area contributed by atoms with Gasteiger partial charge < -0.3 is 33.2 Å². The van der Waals surface area contributed by atoms with Gasteiger partial charge in [-0.15, -0.1) is 5.10 Å². The molecular formula is C28H36N2O11. The van der Waals surface area contributed by atoms with Gasteiger partial charge in [-0.1, -0.05) is 19.1 Å². The largest absolute Gasteiger partial charge is 0.494 e. The van der Waals surface area contributed by atoms with Gasteiger partial charge in [0.2, 0.25) is 18.3 Å². The fourth-order valence-electron chi connectivity index (χ4n) is 4.26. The van der Waals surface area contributed by atoms with E-state index in [0.29, 0.717) is 18.6 Å². The normalized spacial score (nSPS) is 21.9. The lowest BCUT2D eigenvalue weighted by molar-refractivity contribution is -0.289. The number of carbonyl (C=O) groups is 4. The van der Waals surface area contributed by atoms with Crippen LogP contribution >= 0.6 is 0 Å². The van der Waals surface area contributed by atoms with Crippen LogP contribution in [0.15, 0.2) is 24.3 Å². The van der Waals surface area contributed by atoms with Gasteiger partial charge in [0.05, 0.1) is 6.61 Å². The van der Waals surface area contributed by atoms with Gasteiger partial charge in [0.25, 0.3) is 0 Å². The predicted octanol–water partition coefficient (Wildman–Crippen LogP) is 2.56. The minimum Gasteiger partial charge on any atom is -0.494 e.